The molecule has 166 valence electrons. The molecule has 10 heteroatoms. The van der Waals surface area contributed by atoms with Crippen molar-refractivity contribution in [3.05, 3.63) is 40.1 Å². The second-order valence-corrected chi connectivity index (χ2v) is 7.22. The quantitative estimate of drug-likeness (QED) is 0.206. The van der Waals surface area contributed by atoms with Gasteiger partial charge in [-0.05, 0) is 44.9 Å². The lowest BCUT2D eigenvalue weighted by Crippen LogP contribution is -2.37. The Labute approximate surface area is 175 Å². The second-order valence-electron chi connectivity index (χ2n) is 7.22. The number of nitrogens with zero attached hydrogens (tertiary/aromatic N) is 1. The Morgan fingerprint density at radius 2 is 2.17 bits per heavy atom. The molecule has 0 radical (unpaired) electrons. The van der Waals surface area contributed by atoms with Gasteiger partial charge in [-0.3, -0.25) is 4.79 Å². The number of aliphatic hydroxyl groups is 1. The predicted octanol–water partition coefficient (Wildman–Crippen LogP) is 1.69. The highest BCUT2D eigenvalue weighted by atomic mass is 17.0. The zero-order valence-corrected chi connectivity index (χ0v) is 17.3. The van der Waals surface area contributed by atoms with Crippen LogP contribution in [0.4, 0.5) is 0 Å². The molecule has 0 bridgehead atoms. The number of hydrogen-bond donors (Lipinski definition) is 4. The van der Waals surface area contributed by atoms with E-state index in [1.54, 1.807) is 6.92 Å². The topological polar surface area (TPSA) is 139 Å². The Hall–Kier alpha value is -2.85. The molecule has 0 saturated carbocycles. The molecule has 2 rings (SSSR count). The summed E-state index contributed by atoms with van der Waals surface area (Å²) in [7, 11) is 0. The third-order valence-corrected chi connectivity index (χ3v) is 4.47. The second kappa shape index (κ2) is 12.0. The number of aryl methyl sites for hydroxylation is 1. The van der Waals surface area contributed by atoms with Crippen LogP contribution in [0.15, 0.2) is 24.3 Å². The van der Waals surface area contributed by atoms with E-state index in [1.165, 1.54) is 0 Å². The van der Waals surface area contributed by atoms with Crippen LogP contribution in [0.1, 0.15) is 31.9 Å². The molecular weight excluding hydrogens is 392 g/mol. The number of H-pyrrole nitrogens is 1. The molecule has 1 amide bonds. The number of ether oxygens (including phenoxy) is 1. The summed E-state index contributed by atoms with van der Waals surface area (Å²) in [6, 6.07) is 7.75. The summed E-state index contributed by atoms with van der Waals surface area (Å²) in [5, 5.41) is 26.3. The molecule has 0 aliphatic carbocycles. The van der Waals surface area contributed by atoms with Gasteiger partial charge in [0.1, 0.15) is 24.6 Å². The van der Waals surface area contributed by atoms with Crippen molar-refractivity contribution < 1.29 is 24.6 Å². The van der Waals surface area contributed by atoms with Gasteiger partial charge < -0.3 is 30.3 Å². The first kappa shape index (κ1) is 23.4. The molecule has 1 aromatic carbocycles. The van der Waals surface area contributed by atoms with Crippen LogP contribution in [-0.2, 0) is 9.63 Å². The van der Waals surface area contributed by atoms with E-state index in [0.29, 0.717) is 32.5 Å². The van der Waals surface area contributed by atoms with E-state index < -0.39 is 17.3 Å². The van der Waals surface area contributed by atoms with Crippen molar-refractivity contribution >= 4 is 16.8 Å². The number of carbonyl (C=O) groups is 1. The standard InChI is InChI=1S/C20H30N4O6/c1-14-11-17-18(23-14)6-4-7-19(17)29-13-16(25)12-21-9-10-22-20(26)8-3-5-15(2)30-24(27)28/h4,6-7,11,15-16,21,23,25H,3,5,8-10,12-13H2,1-2H3,(H,22,26). The summed E-state index contributed by atoms with van der Waals surface area (Å²) in [6.45, 7) is 5.01. The van der Waals surface area contributed by atoms with Crippen LogP contribution >= 0.6 is 0 Å². The fraction of sp³-hybridized carbons (Fsp3) is 0.550. The number of nitrogens with one attached hydrogen (secondary N) is 3. The van der Waals surface area contributed by atoms with Crippen LogP contribution in [-0.4, -0.2) is 59.5 Å². The maximum absolute atomic E-state index is 11.7. The summed E-state index contributed by atoms with van der Waals surface area (Å²) >= 11 is 0. The van der Waals surface area contributed by atoms with Crippen LogP contribution in [0.5, 0.6) is 5.75 Å². The first-order valence-electron chi connectivity index (χ1n) is 10.0. The summed E-state index contributed by atoms with van der Waals surface area (Å²) < 4.78 is 5.75. The van der Waals surface area contributed by atoms with Crippen molar-refractivity contribution in [2.75, 3.05) is 26.2 Å². The van der Waals surface area contributed by atoms with Crippen LogP contribution in [0.2, 0.25) is 0 Å². The minimum absolute atomic E-state index is 0.121. The number of rotatable bonds is 14. The third-order valence-electron chi connectivity index (χ3n) is 4.47. The van der Waals surface area contributed by atoms with Crippen molar-refractivity contribution in [1.29, 1.82) is 0 Å². The summed E-state index contributed by atoms with van der Waals surface area (Å²) in [6.07, 6.45) is 0.0316. The van der Waals surface area contributed by atoms with Gasteiger partial charge in [-0.2, -0.15) is 0 Å². The Bertz CT molecular complexity index is 825. The Balaban J connectivity index is 1.54. The zero-order valence-electron chi connectivity index (χ0n) is 17.3. The summed E-state index contributed by atoms with van der Waals surface area (Å²) in [5.74, 6) is 0.602. The fourth-order valence-electron chi connectivity index (χ4n) is 3.03. The Morgan fingerprint density at radius 1 is 1.37 bits per heavy atom. The monoisotopic (exact) mass is 422 g/mol. The lowest BCUT2D eigenvalue weighted by molar-refractivity contribution is -0.767. The minimum atomic E-state index is -0.822. The molecule has 1 aromatic heterocycles. The molecule has 0 spiro atoms. The molecule has 0 fully saturated rings. The molecule has 10 nitrogen and oxygen atoms in total. The van der Waals surface area contributed by atoms with Gasteiger partial charge in [-0.25, -0.2) is 0 Å². The van der Waals surface area contributed by atoms with E-state index in [9.17, 15) is 20.0 Å². The van der Waals surface area contributed by atoms with Gasteiger partial charge in [0.25, 0.3) is 5.09 Å². The lowest BCUT2D eigenvalue weighted by Gasteiger charge is -2.14. The van der Waals surface area contributed by atoms with Gasteiger partial charge in [-0.15, -0.1) is 10.1 Å². The Morgan fingerprint density at radius 3 is 2.93 bits per heavy atom. The maximum Gasteiger partial charge on any atom is 0.294 e. The summed E-state index contributed by atoms with van der Waals surface area (Å²) in [5.41, 5.74) is 2.04. The molecular formula is C20H30N4O6. The van der Waals surface area contributed by atoms with Crippen molar-refractivity contribution in [1.82, 2.24) is 15.6 Å². The van der Waals surface area contributed by atoms with Crippen molar-refractivity contribution in [2.45, 2.75) is 45.3 Å². The van der Waals surface area contributed by atoms with Crippen LogP contribution < -0.4 is 15.4 Å². The number of aliphatic hydroxyl groups excluding tert-OH is 1. The van der Waals surface area contributed by atoms with Crippen molar-refractivity contribution in [3.63, 3.8) is 0 Å². The molecule has 2 atom stereocenters. The largest absolute Gasteiger partial charge is 0.490 e. The normalized spacial score (nSPS) is 13.0. The van der Waals surface area contributed by atoms with E-state index in [4.69, 9.17) is 4.74 Å². The average Bonchev–Trinajstić information content (AvgIpc) is 3.06. The highest BCUT2D eigenvalue weighted by Crippen LogP contribution is 2.26. The SMILES string of the molecule is Cc1cc2c(OCC(O)CNCCNC(=O)CCCC(C)O[N+](=O)[O-])cccc2[nH]1. The van der Waals surface area contributed by atoms with E-state index in [2.05, 4.69) is 20.5 Å². The van der Waals surface area contributed by atoms with Gasteiger partial charge in [0, 0.05) is 42.7 Å². The van der Waals surface area contributed by atoms with Crippen LogP contribution in [0, 0.1) is 17.0 Å². The van der Waals surface area contributed by atoms with E-state index >= 15 is 0 Å². The highest BCUT2D eigenvalue weighted by Gasteiger charge is 2.10. The van der Waals surface area contributed by atoms with Crippen LogP contribution in [0.25, 0.3) is 10.9 Å². The third kappa shape index (κ3) is 8.26. The first-order chi connectivity index (χ1) is 14.3. The number of benzene rings is 1. The fourth-order valence-corrected chi connectivity index (χ4v) is 3.03. The van der Waals surface area contributed by atoms with Crippen molar-refractivity contribution in [3.8, 4) is 5.75 Å². The summed E-state index contributed by atoms with van der Waals surface area (Å²) in [4.78, 5) is 29.5. The molecule has 2 unspecified atom stereocenters. The number of carbonyl (C=O) groups excluding carboxylic acids is 1. The number of fused-ring (bicyclic) bond motifs is 1. The first-order valence-corrected chi connectivity index (χ1v) is 10.0. The van der Waals surface area contributed by atoms with Crippen molar-refractivity contribution in [2.24, 2.45) is 0 Å². The van der Waals surface area contributed by atoms with Gasteiger partial charge in [0.05, 0.1) is 0 Å². The molecule has 0 aliphatic heterocycles. The number of amides is 1. The molecule has 2 aromatic rings. The smallest absolute Gasteiger partial charge is 0.294 e. The number of aromatic amines is 1. The van der Waals surface area contributed by atoms with E-state index in [0.717, 1.165) is 22.3 Å². The molecule has 0 aliphatic rings. The molecule has 30 heavy (non-hydrogen) atoms. The number of aromatic nitrogens is 1. The predicted molar refractivity (Wildman–Crippen MR) is 112 cm³/mol. The lowest BCUT2D eigenvalue weighted by atomic mass is 10.1. The van der Waals surface area contributed by atoms with Crippen LogP contribution in [0.3, 0.4) is 0 Å². The van der Waals surface area contributed by atoms with E-state index in [-0.39, 0.29) is 18.9 Å². The molecule has 1 heterocycles. The maximum atomic E-state index is 11.7. The average molecular weight is 422 g/mol. The van der Waals surface area contributed by atoms with E-state index in [1.807, 2.05) is 31.2 Å². The van der Waals surface area contributed by atoms with Gasteiger partial charge in [0.2, 0.25) is 5.91 Å². The number of hydrogen-bond acceptors (Lipinski definition) is 7. The highest BCUT2D eigenvalue weighted by molar-refractivity contribution is 5.86. The van der Waals surface area contributed by atoms with Gasteiger partial charge in [0.15, 0.2) is 0 Å². The molecule has 4 N–H and O–H groups in total. The minimum Gasteiger partial charge on any atom is -0.490 e. The van der Waals surface area contributed by atoms with Gasteiger partial charge >= 0.3 is 0 Å². The zero-order chi connectivity index (χ0) is 21.9. The Kier molecular flexibility index (Phi) is 9.36. The van der Waals surface area contributed by atoms with Gasteiger partial charge in [-0.1, -0.05) is 6.07 Å². The molecule has 0 saturated heterocycles.